The summed E-state index contributed by atoms with van der Waals surface area (Å²) in [6.07, 6.45) is 6.13. The molecule has 1 aliphatic rings. The Balaban J connectivity index is 0.00000200. The summed E-state index contributed by atoms with van der Waals surface area (Å²) in [4.78, 5) is 2.45. The Morgan fingerprint density at radius 3 is 2.35 bits per heavy atom. The van der Waals surface area contributed by atoms with Crippen LogP contribution in [-0.2, 0) is 6.42 Å². The fraction of sp³-hybridized carbons (Fsp3) is 0.625. The fourth-order valence-electron chi connectivity index (χ4n) is 2.64. The van der Waals surface area contributed by atoms with Crippen LogP contribution >= 0.6 is 12.4 Å². The van der Waals surface area contributed by atoms with E-state index in [-0.39, 0.29) is 24.3 Å². The number of nitrogens with zero attached hydrogens (tertiary/aromatic N) is 1. The maximum atomic E-state index is 12.8. The number of aryl methyl sites for hydroxylation is 1. The molecule has 2 rings (SSSR count). The smallest absolute Gasteiger partial charge is 0.123 e. The third-order valence-electron chi connectivity index (χ3n) is 3.91. The number of hydrogen-bond acceptors (Lipinski definition) is 2. The van der Waals surface area contributed by atoms with Gasteiger partial charge in [0.05, 0.1) is 6.10 Å². The lowest BCUT2D eigenvalue weighted by Gasteiger charge is -2.27. The number of aliphatic hydroxyl groups is 1. The minimum Gasteiger partial charge on any atom is -0.393 e. The monoisotopic (exact) mass is 301 g/mol. The first-order chi connectivity index (χ1) is 9.24. The maximum absolute atomic E-state index is 12.8. The lowest BCUT2D eigenvalue weighted by molar-refractivity contribution is 0.126. The molecule has 1 aromatic rings. The van der Waals surface area contributed by atoms with Crippen LogP contribution in [0.3, 0.4) is 0 Å². The van der Waals surface area contributed by atoms with Gasteiger partial charge in [0.1, 0.15) is 5.82 Å². The number of hydrogen-bond donors (Lipinski definition) is 1. The topological polar surface area (TPSA) is 23.5 Å². The fourth-order valence-corrected chi connectivity index (χ4v) is 2.64. The summed E-state index contributed by atoms with van der Waals surface area (Å²) in [5.41, 5.74) is 1.10. The summed E-state index contributed by atoms with van der Waals surface area (Å²) in [5.74, 6) is -0.200. The van der Waals surface area contributed by atoms with E-state index in [2.05, 4.69) is 4.90 Å². The number of rotatable bonds is 6. The largest absolute Gasteiger partial charge is 0.393 e. The van der Waals surface area contributed by atoms with E-state index in [9.17, 15) is 9.50 Å². The Hall–Kier alpha value is -0.640. The minimum atomic E-state index is -0.244. The van der Waals surface area contributed by atoms with Crippen LogP contribution in [-0.4, -0.2) is 35.7 Å². The zero-order valence-corrected chi connectivity index (χ0v) is 12.7. The predicted molar refractivity (Wildman–Crippen MR) is 82.9 cm³/mol. The van der Waals surface area contributed by atoms with Gasteiger partial charge in [0.15, 0.2) is 0 Å². The molecule has 0 amide bonds. The van der Waals surface area contributed by atoms with E-state index in [0.717, 1.165) is 31.4 Å². The van der Waals surface area contributed by atoms with E-state index in [1.54, 1.807) is 12.1 Å². The van der Waals surface area contributed by atoms with E-state index in [4.69, 9.17) is 0 Å². The van der Waals surface area contributed by atoms with Crippen LogP contribution in [0.2, 0.25) is 0 Å². The van der Waals surface area contributed by atoms with Crippen molar-refractivity contribution >= 4 is 12.4 Å². The highest BCUT2D eigenvalue weighted by atomic mass is 35.5. The molecular weight excluding hydrogens is 277 g/mol. The molecule has 0 bridgehead atoms. The maximum Gasteiger partial charge on any atom is 0.123 e. The Bertz CT molecular complexity index is 365. The van der Waals surface area contributed by atoms with Gasteiger partial charge in [-0.05, 0) is 62.9 Å². The Morgan fingerprint density at radius 2 is 1.70 bits per heavy atom. The highest BCUT2D eigenvalue weighted by molar-refractivity contribution is 5.85. The molecule has 0 saturated carbocycles. The van der Waals surface area contributed by atoms with Crippen molar-refractivity contribution in [1.29, 1.82) is 0 Å². The summed E-state index contributed by atoms with van der Waals surface area (Å²) < 4.78 is 12.8. The first kappa shape index (κ1) is 17.4. The van der Waals surface area contributed by atoms with Crippen molar-refractivity contribution in [2.24, 2.45) is 0 Å². The van der Waals surface area contributed by atoms with Crippen molar-refractivity contribution in [2.45, 2.75) is 44.6 Å². The molecule has 4 heteroatoms. The molecule has 1 saturated heterocycles. The van der Waals surface area contributed by atoms with Crippen LogP contribution in [0.15, 0.2) is 24.3 Å². The zero-order chi connectivity index (χ0) is 13.5. The van der Waals surface area contributed by atoms with Crippen molar-refractivity contribution < 1.29 is 9.50 Å². The highest BCUT2D eigenvalue weighted by Gasteiger charge is 2.12. The third kappa shape index (κ3) is 6.21. The van der Waals surface area contributed by atoms with Gasteiger partial charge in [-0.1, -0.05) is 18.6 Å². The molecule has 1 N–H and O–H groups in total. The molecule has 20 heavy (non-hydrogen) atoms. The summed E-state index contributed by atoms with van der Waals surface area (Å²) in [6.45, 7) is 3.37. The van der Waals surface area contributed by atoms with Crippen molar-refractivity contribution in [3.8, 4) is 0 Å². The molecular formula is C16H25ClFNO. The highest BCUT2D eigenvalue weighted by Crippen LogP contribution is 2.12. The molecule has 1 atom stereocenters. The van der Waals surface area contributed by atoms with Gasteiger partial charge in [0.2, 0.25) is 0 Å². The van der Waals surface area contributed by atoms with Crippen molar-refractivity contribution in [2.75, 3.05) is 19.6 Å². The molecule has 2 nitrogen and oxygen atoms in total. The summed E-state index contributed by atoms with van der Waals surface area (Å²) in [7, 11) is 0. The van der Waals surface area contributed by atoms with E-state index in [0.29, 0.717) is 0 Å². The Labute approximate surface area is 127 Å². The standard InChI is InChI=1S/C16H24FNO.ClH/c17-15-7-4-14(5-8-15)6-9-16(19)10-13-18-11-2-1-3-12-18;/h4-5,7-8,16,19H,1-3,6,9-13H2;1H. The van der Waals surface area contributed by atoms with Crippen LogP contribution < -0.4 is 0 Å². The van der Waals surface area contributed by atoms with Gasteiger partial charge in [-0.25, -0.2) is 4.39 Å². The number of halogens is 2. The van der Waals surface area contributed by atoms with Crippen LogP contribution in [0.4, 0.5) is 4.39 Å². The minimum absolute atomic E-state index is 0. The normalized spacial score (nSPS) is 17.5. The number of piperidine rings is 1. The van der Waals surface area contributed by atoms with E-state index in [1.807, 2.05) is 0 Å². The molecule has 0 spiro atoms. The molecule has 1 fully saturated rings. The van der Waals surface area contributed by atoms with Gasteiger partial charge >= 0.3 is 0 Å². The zero-order valence-electron chi connectivity index (χ0n) is 11.9. The quantitative estimate of drug-likeness (QED) is 0.870. The average Bonchev–Trinajstić information content (AvgIpc) is 2.45. The molecule has 0 aliphatic carbocycles. The molecule has 1 aliphatic heterocycles. The third-order valence-corrected chi connectivity index (χ3v) is 3.91. The van der Waals surface area contributed by atoms with E-state index in [1.165, 1.54) is 44.5 Å². The second-order valence-corrected chi connectivity index (χ2v) is 5.51. The van der Waals surface area contributed by atoms with Gasteiger partial charge in [-0.15, -0.1) is 12.4 Å². The van der Waals surface area contributed by atoms with Crippen LogP contribution in [0.1, 0.15) is 37.7 Å². The van der Waals surface area contributed by atoms with Crippen molar-refractivity contribution in [3.63, 3.8) is 0 Å². The molecule has 1 unspecified atom stereocenters. The van der Waals surface area contributed by atoms with Crippen molar-refractivity contribution in [3.05, 3.63) is 35.6 Å². The van der Waals surface area contributed by atoms with Gasteiger partial charge in [0, 0.05) is 6.54 Å². The molecule has 0 radical (unpaired) electrons. The second-order valence-electron chi connectivity index (χ2n) is 5.51. The number of aliphatic hydroxyl groups excluding tert-OH is 1. The Morgan fingerprint density at radius 1 is 1.05 bits per heavy atom. The van der Waals surface area contributed by atoms with Crippen LogP contribution in [0.25, 0.3) is 0 Å². The van der Waals surface area contributed by atoms with Crippen molar-refractivity contribution in [1.82, 2.24) is 4.90 Å². The summed E-state index contributed by atoms with van der Waals surface area (Å²) in [6, 6.07) is 6.56. The second kappa shape index (κ2) is 9.32. The first-order valence-corrected chi connectivity index (χ1v) is 7.39. The lowest BCUT2D eigenvalue weighted by atomic mass is 10.0. The van der Waals surface area contributed by atoms with Gasteiger partial charge < -0.3 is 10.0 Å². The summed E-state index contributed by atoms with van der Waals surface area (Å²) in [5, 5.41) is 9.99. The predicted octanol–water partition coefficient (Wildman–Crippen LogP) is 3.42. The number of benzene rings is 1. The molecule has 1 heterocycles. The van der Waals surface area contributed by atoms with Gasteiger partial charge in [0.25, 0.3) is 0 Å². The first-order valence-electron chi connectivity index (χ1n) is 7.39. The van der Waals surface area contributed by atoms with Crippen LogP contribution in [0.5, 0.6) is 0 Å². The SMILES string of the molecule is Cl.OC(CCc1ccc(F)cc1)CCN1CCCCC1. The molecule has 114 valence electrons. The molecule has 1 aromatic carbocycles. The van der Waals surface area contributed by atoms with Gasteiger partial charge in [-0.2, -0.15) is 0 Å². The molecule has 0 aromatic heterocycles. The summed E-state index contributed by atoms with van der Waals surface area (Å²) >= 11 is 0. The van der Waals surface area contributed by atoms with E-state index >= 15 is 0 Å². The van der Waals surface area contributed by atoms with E-state index < -0.39 is 0 Å². The number of likely N-dealkylation sites (tertiary alicyclic amines) is 1. The Kier molecular flexibility index (Phi) is 8.12. The average molecular weight is 302 g/mol. The van der Waals surface area contributed by atoms with Gasteiger partial charge in [-0.3, -0.25) is 0 Å². The lowest BCUT2D eigenvalue weighted by Crippen LogP contribution is -2.32. The van der Waals surface area contributed by atoms with Crippen LogP contribution in [0, 0.1) is 5.82 Å².